The van der Waals surface area contributed by atoms with Crippen molar-refractivity contribution in [2.45, 2.75) is 31.0 Å². The van der Waals surface area contributed by atoms with Gasteiger partial charge in [0.25, 0.3) is 0 Å². The van der Waals surface area contributed by atoms with Crippen LogP contribution in [0.4, 0.5) is 10.5 Å². The lowest BCUT2D eigenvalue weighted by atomic mass is 10.2. The predicted octanol–water partition coefficient (Wildman–Crippen LogP) is 3.05. The number of rotatable bonds is 2. The summed E-state index contributed by atoms with van der Waals surface area (Å²) in [5.74, 6) is 0. The van der Waals surface area contributed by atoms with E-state index in [1.807, 2.05) is 49.3 Å². The van der Waals surface area contributed by atoms with Crippen LogP contribution in [-0.2, 0) is 4.74 Å². The maximum Gasteiger partial charge on any atom is 0.322 e. The van der Waals surface area contributed by atoms with Gasteiger partial charge in [0.15, 0.2) is 0 Å². The monoisotopic (exact) mass is 280 g/mol. The van der Waals surface area contributed by atoms with Gasteiger partial charge in [-0.1, -0.05) is 12.1 Å². The molecule has 0 bridgehead atoms. The molecule has 2 amide bonds. The molecule has 1 saturated heterocycles. The number of hydrogen-bond donors (Lipinski definition) is 1. The standard InChI is InChI=1S/C14H20N2O2S/c1-10-8-16(9-11(2)18-10)14(17)15-12-6-4-5-7-13(12)19-3/h4-7,10-11H,8-9H2,1-3H3,(H,15,17)/t10-,11-/m0/s1. The van der Waals surface area contributed by atoms with E-state index in [1.165, 1.54) is 0 Å². The minimum Gasteiger partial charge on any atom is -0.372 e. The van der Waals surface area contributed by atoms with E-state index >= 15 is 0 Å². The Morgan fingerprint density at radius 1 is 1.32 bits per heavy atom. The largest absolute Gasteiger partial charge is 0.372 e. The molecule has 1 N–H and O–H groups in total. The fourth-order valence-corrected chi connectivity index (χ4v) is 2.84. The highest BCUT2D eigenvalue weighted by molar-refractivity contribution is 7.98. The van der Waals surface area contributed by atoms with Crippen molar-refractivity contribution in [3.05, 3.63) is 24.3 Å². The second-order valence-corrected chi connectivity index (χ2v) is 5.64. The zero-order chi connectivity index (χ0) is 13.8. The molecule has 2 rings (SSSR count). The van der Waals surface area contributed by atoms with Gasteiger partial charge in [-0.15, -0.1) is 11.8 Å². The summed E-state index contributed by atoms with van der Waals surface area (Å²) >= 11 is 1.63. The lowest BCUT2D eigenvalue weighted by Crippen LogP contribution is -2.49. The van der Waals surface area contributed by atoms with Crippen molar-refractivity contribution in [2.75, 3.05) is 24.7 Å². The Labute approximate surface area is 118 Å². The van der Waals surface area contributed by atoms with Gasteiger partial charge in [-0.25, -0.2) is 4.79 Å². The number of thioether (sulfide) groups is 1. The Bertz CT molecular complexity index is 443. The van der Waals surface area contributed by atoms with Gasteiger partial charge < -0.3 is 15.0 Å². The SMILES string of the molecule is CSc1ccccc1NC(=O)N1C[C@H](C)O[C@@H](C)C1. The third kappa shape index (κ3) is 3.64. The highest BCUT2D eigenvalue weighted by Gasteiger charge is 2.26. The van der Waals surface area contributed by atoms with Gasteiger partial charge >= 0.3 is 6.03 Å². The molecule has 1 aromatic carbocycles. The van der Waals surface area contributed by atoms with Crippen LogP contribution < -0.4 is 5.32 Å². The topological polar surface area (TPSA) is 41.6 Å². The van der Waals surface area contributed by atoms with Gasteiger partial charge in [0.05, 0.1) is 17.9 Å². The molecule has 4 nitrogen and oxygen atoms in total. The molecule has 5 heteroatoms. The number of para-hydroxylation sites is 1. The molecule has 104 valence electrons. The van der Waals surface area contributed by atoms with Crippen molar-refractivity contribution in [2.24, 2.45) is 0 Å². The summed E-state index contributed by atoms with van der Waals surface area (Å²) in [5, 5.41) is 2.98. The second-order valence-electron chi connectivity index (χ2n) is 4.79. The first-order valence-corrected chi connectivity index (χ1v) is 7.67. The first-order valence-electron chi connectivity index (χ1n) is 6.44. The molecular weight excluding hydrogens is 260 g/mol. The number of ether oxygens (including phenoxy) is 1. The van der Waals surface area contributed by atoms with Crippen LogP contribution in [0, 0.1) is 0 Å². The summed E-state index contributed by atoms with van der Waals surface area (Å²) in [6.07, 6.45) is 2.18. The van der Waals surface area contributed by atoms with Gasteiger partial charge in [-0.3, -0.25) is 0 Å². The Morgan fingerprint density at radius 3 is 2.58 bits per heavy atom. The summed E-state index contributed by atoms with van der Waals surface area (Å²) in [5.41, 5.74) is 0.867. The maximum atomic E-state index is 12.3. The first-order chi connectivity index (χ1) is 9.10. The van der Waals surface area contributed by atoms with Crippen molar-refractivity contribution < 1.29 is 9.53 Å². The fourth-order valence-electron chi connectivity index (χ4n) is 2.29. The van der Waals surface area contributed by atoms with E-state index in [9.17, 15) is 4.79 Å². The molecular formula is C14H20N2O2S. The van der Waals surface area contributed by atoms with Crippen LogP contribution in [0.5, 0.6) is 0 Å². The molecule has 1 fully saturated rings. The van der Waals surface area contributed by atoms with Crippen LogP contribution in [0.15, 0.2) is 29.2 Å². The summed E-state index contributed by atoms with van der Waals surface area (Å²) in [7, 11) is 0. The summed E-state index contributed by atoms with van der Waals surface area (Å²) in [6.45, 7) is 5.26. The minimum atomic E-state index is -0.0523. The molecule has 0 aromatic heterocycles. The van der Waals surface area contributed by atoms with Gasteiger partial charge in [-0.2, -0.15) is 0 Å². The Kier molecular flexibility index (Phi) is 4.71. The summed E-state index contributed by atoms with van der Waals surface area (Å²) in [4.78, 5) is 15.2. The van der Waals surface area contributed by atoms with Gasteiger partial charge in [-0.05, 0) is 32.2 Å². The van der Waals surface area contributed by atoms with Crippen LogP contribution in [0.3, 0.4) is 0 Å². The predicted molar refractivity (Wildman–Crippen MR) is 78.8 cm³/mol. The zero-order valence-electron chi connectivity index (χ0n) is 11.6. The molecule has 19 heavy (non-hydrogen) atoms. The van der Waals surface area contributed by atoms with E-state index in [0.29, 0.717) is 13.1 Å². The number of nitrogens with zero attached hydrogens (tertiary/aromatic N) is 1. The molecule has 1 aliphatic rings. The van der Waals surface area contributed by atoms with Crippen molar-refractivity contribution in [1.82, 2.24) is 4.90 Å². The van der Waals surface area contributed by atoms with Crippen LogP contribution in [0.25, 0.3) is 0 Å². The fraction of sp³-hybridized carbons (Fsp3) is 0.500. The number of anilines is 1. The third-order valence-electron chi connectivity index (χ3n) is 3.06. The number of amides is 2. The van der Waals surface area contributed by atoms with Gasteiger partial charge in [0, 0.05) is 18.0 Å². The summed E-state index contributed by atoms with van der Waals surface area (Å²) < 4.78 is 5.64. The molecule has 0 saturated carbocycles. The van der Waals surface area contributed by atoms with Crippen LogP contribution in [-0.4, -0.2) is 42.5 Å². The average molecular weight is 280 g/mol. The second kappa shape index (κ2) is 6.30. The van der Waals surface area contributed by atoms with Crippen molar-refractivity contribution in [3.8, 4) is 0 Å². The first kappa shape index (κ1) is 14.2. The Hall–Kier alpha value is -1.20. The number of benzene rings is 1. The number of hydrogen-bond acceptors (Lipinski definition) is 3. The van der Waals surface area contributed by atoms with Gasteiger partial charge in [0.2, 0.25) is 0 Å². The molecule has 2 atom stereocenters. The van der Waals surface area contributed by atoms with E-state index in [-0.39, 0.29) is 18.2 Å². The molecule has 1 aliphatic heterocycles. The highest BCUT2D eigenvalue weighted by Crippen LogP contribution is 2.25. The number of carbonyl (C=O) groups excluding carboxylic acids is 1. The zero-order valence-corrected chi connectivity index (χ0v) is 12.4. The van der Waals surface area contributed by atoms with Crippen LogP contribution in [0.2, 0.25) is 0 Å². The molecule has 0 unspecified atom stereocenters. The number of nitrogens with one attached hydrogen (secondary N) is 1. The van der Waals surface area contributed by atoms with Crippen molar-refractivity contribution in [3.63, 3.8) is 0 Å². The van der Waals surface area contributed by atoms with E-state index in [1.54, 1.807) is 11.8 Å². The lowest BCUT2D eigenvalue weighted by molar-refractivity contribution is -0.0530. The number of urea groups is 1. The number of morpholine rings is 1. The smallest absolute Gasteiger partial charge is 0.322 e. The van der Waals surface area contributed by atoms with Crippen LogP contribution in [0.1, 0.15) is 13.8 Å². The molecule has 0 spiro atoms. The quantitative estimate of drug-likeness (QED) is 0.847. The minimum absolute atomic E-state index is 0.0523. The number of carbonyl (C=O) groups is 1. The van der Waals surface area contributed by atoms with E-state index in [4.69, 9.17) is 4.74 Å². The lowest BCUT2D eigenvalue weighted by Gasteiger charge is -2.35. The van der Waals surface area contributed by atoms with Gasteiger partial charge in [0.1, 0.15) is 0 Å². The maximum absolute atomic E-state index is 12.3. The highest BCUT2D eigenvalue weighted by atomic mass is 32.2. The third-order valence-corrected chi connectivity index (χ3v) is 3.85. The molecule has 1 heterocycles. The van der Waals surface area contributed by atoms with E-state index < -0.39 is 0 Å². The normalized spacial score (nSPS) is 23.2. The van der Waals surface area contributed by atoms with E-state index in [2.05, 4.69) is 5.32 Å². The summed E-state index contributed by atoms with van der Waals surface area (Å²) in [6, 6.07) is 7.78. The van der Waals surface area contributed by atoms with Crippen molar-refractivity contribution in [1.29, 1.82) is 0 Å². The van der Waals surface area contributed by atoms with Crippen LogP contribution >= 0.6 is 11.8 Å². The van der Waals surface area contributed by atoms with Crippen molar-refractivity contribution >= 4 is 23.5 Å². The Morgan fingerprint density at radius 2 is 1.95 bits per heavy atom. The molecule has 0 aliphatic carbocycles. The molecule has 0 radical (unpaired) electrons. The average Bonchev–Trinajstić information content (AvgIpc) is 2.38. The van der Waals surface area contributed by atoms with E-state index in [0.717, 1.165) is 10.6 Å². The molecule has 1 aromatic rings. The Balaban J connectivity index is 2.04.